The van der Waals surface area contributed by atoms with Crippen LogP contribution in [0.1, 0.15) is 29.5 Å². The molecular weight excluding hydrogens is 278 g/mol. The first-order chi connectivity index (χ1) is 10.5. The van der Waals surface area contributed by atoms with Gasteiger partial charge in [-0.3, -0.25) is 9.69 Å². The van der Waals surface area contributed by atoms with Gasteiger partial charge in [-0.15, -0.1) is 0 Å². The van der Waals surface area contributed by atoms with Gasteiger partial charge in [0.15, 0.2) is 0 Å². The van der Waals surface area contributed by atoms with E-state index < -0.39 is 5.97 Å². The lowest BCUT2D eigenvalue weighted by Crippen LogP contribution is -2.35. The number of carboxylic acid groups (broad SMARTS) is 1. The van der Waals surface area contributed by atoms with Gasteiger partial charge in [0.1, 0.15) is 6.04 Å². The fourth-order valence-corrected chi connectivity index (χ4v) is 2.98. The lowest BCUT2D eigenvalue weighted by Gasteiger charge is -2.19. The third-order valence-corrected chi connectivity index (χ3v) is 4.43. The van der Waals surface area contributed by atoms with E-state index in [1.165, 1.54) is 11.1 Å². The zero-order chi connectivity index (χ0) is 15.7. The maximum absolute atomic E-state index is 11.2. The van der Waals surface area contributed by atoms with E-state index in [0.29, 0.717) is 6.54 Å². The van der Waals surface area contributed by atoms with Crippen molar-refractivity contribution in [1.29, 1.82) is 0 Å². The van der Waals surface area contributed by atoms with Crippen LogP contribution in [0, 0.1) is 13.8 Å². The van der Waals surface area contributed by atoms with E-state index >= 15 is 0 Å². The Hall–Kier alpha value is -2.14. The number of likely N-dealkylation sites (tertiary alicyclic amines) is 1. The summed E-state index contributed by atoms with van der Waals surface area (Å²) in [6.45, 7) is 5.66. The van der Waals surface area contributed by atoms with Crippen LogP contribution in [0.4, 0.5) is 0 Å². The molecule has 5 nitrogen and oxygen atoms in total. The first-order valence-electron chi connectivity index (χ1n) is 7.62. The van der Waals surface area contributed by atoms with Crippen molar-refractivity contribution in [2.45, 2.75) is 39.3 Å². The number of hydrogen-bond donors (Lipinski definition) is 1. The predicted octanol–water partition coefficient (Wildman–Crippen LogP) is 2.54. The molecule has 0 amide bonds. The first-order valence-corrected chi connectivity index (χ1v) is 7.62. The van der Waals surface area contributed by atoms with Gasteiger partial charge in [-0.2, -0.15) is 5.10 Å². The van der Waals surface area contributed by atoms with E-state index in [-0.39, 0.29) is 6.04 Å². The summed E-state index contributed by atoms with van der Waals surface area (Å²) in [5, 5.41) is 13.7. The van der Waals surface area contributed by atoms with Gasteiger partial charge in [0.25, 0.3) is 0 Å². The second-order valence-corrected chi connectivity index (χ2v) is 6.03. The second-order valence-electron chi connectivity index (χ2n) is 6.03. The summed E-state index contributed by atoms with van der Waals surface area (Å²) in [5.41, 5.74) is 4.58. The molecule has 1 N–H and O–H groups in total. The van der Waals surface area contributed by atoms with Crippen LogP contribution in [0.2, 0.25) is 0 Å². The fraction of sp³-hybridized carbons (Fsp3) is 0.412. The number of benzene rings is 1. The van der Waals surface area contributed by atoms with Crippen LogP contribution in [0.5, 0.6) is 0 Å². The number of carbonyl (C=O) groups is 1. The number of aromatic nitrogens is 2. The molecule has 1 fully saturated rings. The van der Waals surface area contributed by atoms with Crippen LogP contribution < -0.4 is 0 Å². The predicted molar refractivity (Wildman–Crippen MR) is 84.1 cm³/mol. The summed E-state index contributed by atoms with van der Waals surface area (Å²) in [4.78, 5) is 13.3. The number of nitrogens with zero attached hydrogens (tertiary/aromatic N) is 3. The molecule has 1 aromatic heterocycles. The Morgan fingerprint density at radius 2 is 2.18 bits per heavy atom. The normalized spacial score (nSPS) is 18.7. The quantitative estimate of drug-likeness (QED) is 0.942. The van der Waals surface area contributed by atoms with E-state index in [1.54, 1.807) is 0 Å². The highest BCUT2D eigenvalue weighted by Gasteiger charge is 2.30. The largest absolute Gasteiger partial charge is 0.480 e. The number of rotatable bonds is 4. The molecule has 0 radical (unpaired) electrons. The van der Waals surface area contributed by atoms with Crippen molar-refractivity contribution in [1.82, 2.24) is 14.7 Å². The molecule has 1 atom stereocenters. The maximum Gasteiger partial charge on any atom is 0.320 e. The standard InChI is InChI=1S/C17H21N3O2/c1-12-5-6-15(8-13(12)2)20-11-14(9-18-20)10-19-7-3-4-16(19)17(21)22/h5-6,8-9,11,16H,3-4,7,10H2,1-2H3,(H,21,22)/t16-/m0/s1. The lowest BCUT2D eigenvalue weighted by atomic mass is 10.1. The van der Waals surface area contributed by atoms with Gasteiger partial charge >= 0.3 is 5.97 Å². The average Bonchev–Trinajstić information content (AvgIpc) is 3.11. The van der Waals surface area contributed by atoms with E-state index in [4.69, 9.17) is 0 Å². The molecule has 2 heterocycles. The van der Waals surface area contributed by atoms with E-state index in [2.05, 4.69) is 37.1 Å². The Labute approximate surface area is 130 Å². The van der Waals surface area contributed by atoms with Gasteiger partial charge in [0, 0.05) is 18.3 Å². The highest BCUT2D eigenvalue weighted by Crippen LogP contribution is 2.21. The zero-order valence-electron chi connectivity index (χ0n) is 13.0. The van der Waals surface area contributed by atoms with Crippen LogP contribution >= 0.6 is 0 Å². The molecule has 5 heteroatoms. The maximum atomic E-state index is 11.2. The van der Waals surface area contributed by atoms with Crippen LogP contribution in [0.15, 0.2) is 30.6 Å². The summed E-state index contributed by atoms with van der Waals surface area (Å²) in [6, 6.07) is 5.90. The molecule has 1 aliphatic rings. The molecule has 0 spiro atoms. The van der Waals surface area contributed by atoms with E-state index in [1.807, 2.05) is 22.0 Å². The Balaban J connectivity index is 1.76. The number of carboxylic acids is 1. The molecule has 0 bridgehead atoms. The minimum atomic E-state index is -0.723. The van der Waals surface area contributed by atoms with Gasteiger partial charge < -0.3 is 5.11 Å². The fourth-order valence-electron chi connectivity index (χ4n) is 2.98. The molecule has 2 aromatic rings. The SMILES string of the molecule is Cc1ccc(-n2cc(CN3CCC[C@H]3C(=O)O)cn2)cc1C. The molecule has 1 aliphatic heterocycles. The topological polar surface area (TPSA) is 58.4 Å². The summed E-state index contributed by atoms with van der Waals surface area (Å²) in [7, 11) is 0. The molecule has 3 rings (SSSR count). The Bertz CT molecular complexity index is 693. The van der Waals surface area contributed by atoms with Gasteiger partial charge in [0.05, 0.1) is 11.9 Å². The highest BCUT2D eigenvalue weighted by atomic mass is 16.4. The molecule has 0 saturated carbocycles. The Morgan fingerprint density at radius 3 is 2.91 bits per heavy atom. The molecule has 0 unspecified atom stereocenters. The van der Waals surface area contributed by atoms with Crippen LogP contribution in [0.25, 0.3) is 5.69 Å². The lowest BCUT2D eigenvalue weighted by molar-refractivity contribution is -0.142. The molecule has 116 valence electrons. The Morgan fingerprint density at radius 1 is 1.36 bits per heavy atom. The highest BCUT2D eigenvalue weighted by molar-refractivity contribution is 5.73. The van der Waals surface area contributed by atoms with E-state index in [9.17, 15) is 9.90 Å². The van der Waals surface area contributed by atoms with Crippen molar-refractivity contribution in [3.63, 3.8) is 0 Å². The van der Waals surface area contributed by atoms with Crippen molar-refractivity contribution >= 4 is 5.97 Å². The molecule has 1 saturated heterocycles. The molecule has 1 aromatic carbocycles. The minimum absolute atomic E-state index is 0.357. The van der Waals surface area contributed by atoms with Crippen LogP contribution in [-0.4, -0.2) is 38.3 Å². The molecule has 0 aliphatic carbocycles. The molecule has 22 heavy (non-hydrogen) atoms. The Kier molecular flexibility index (Phi) is 3.98. The van der Waals surface area contributed by atoms with Crippen molar-refractivity contribution in [2.24, 2.45) is 0 Å². The van der Waals surface area contributed by atoms with Gasteiger partial charge in [0.2, 0.25) is 0 Å². The zero-order valence-corrected chi connectivity index (χ0v) is 13.0. The third kappa shape index (κ3) is 2.90. The summed E-state index contributed by atoms with van der Waals surface area (Å²) in [6.07, 6.45) is 5.50. The van der Waals surface area contributed by atoms with Crippen molar-refractivity contribution in [2.75, 3.05) is 6.54 Å². The monoisotopic (exact) mass is 299 g/mol. The average molecular weight is 299 g/mol. The number of aryl methyl sites for hydroxylation is 2. The van der Waals surface area contributed by atoms with Gasteiger partial charge in [-0.05, 0) is 56.5 Å². The first kappa shape index (κ1) is 14.8. The van der Waals surface area contributed by atoms with Crippen molar-refractivity contribution < 1.29 is 9.90 Å². The number of hydrogen-bond acceptors (Lipinski definition) is 3. The summed E-state index contributed by atoms with van der Waals surface area (Å²) < 4.78 is 1.85. The smallest absolute Gasteiger partial charge is 0.320 e. The second kappa shape index (κ2) is 5.93. The number of aliphatic carboxylic acids is 1. The summed E-state index contributed by atoms with van der Waals surface area (Å²) in [5.74, 6) is -0.723. The minimum Gasteiger partial charge on any atom is -0.480 e. The van der Waals surface area contributed by atoms with Gasteiger partial charge in [-0.25, -0.2) is 4.68 Å². The summed E-state index contributed by atoms with van der Waals surface area (Å²) >= 11 is 0. The van der Waals surface area contributed by atoms with Crippen molar-refractivity contribution in [3.05, 3.63) is 47.3 Å². The van der Waals surface area contributed by atoms with Crippen LogP contribution in [0.3, 0.4) is 0 Å². The van der Waals surface area contributed by atoms with Crippen molar-refractivity contribution in [3.8, 4) is 5.69 Å². The molecular formula is C17H21N3O2. The van der Waals surface area contributed by atoms with Gasteiger partial charge in [-0.1, -0.05) is 6.07 Å². The van der Waals surface area contributed by atoms with Crippen LogP contribution in [-0.2, 0) is 11.3 Å². The third-order valence-electron chi connectivity index (χ3n) is 4.43. The van der Waals surface area contributed by atoms with E-state index in [0.717, 1.165) is 30.6 Å².